The van der Waals surface area contributed by atoms with Gasteiger partial charge < -0.3 is 9.84 Å². The fraction of sp³-hybridized carbons (Fsp3) is 0.294. The summed E-state index contributed by atoms with van der Waals surface area (Å²) in [6, 6.07) is 5.04. The quantitative estimate of drug-likeness (QED) is 0.714. The van der Waals surface area contributed by atoms with Gasteiger partial charge in [0.2, 0.25) is 5.88 Å². The number of methoxy groups -OCH3 is 1. The molecule has 0 aliphatic rings. The van der Waals surface area contributed by atoms with Crippen LogP contribution in [-0.2, 0) is 16.6 Å². The number of aromatic nitrogens is 4. The first-order chi connectivity index (χ1) is 11.9. The molecule has 0 aliphatic heterocycles. The summed E-state index contributed by atoms with van der Waals surface area (Å²) in [7, 11) is 3.04. The van der Waals surface area contributed by atoms with Gasteiger partial charge in [-0.25, -0.2) is 0 Å². The van der Waals surface area contributed by atoms with Crippen LogP contribution in [0.1, 0.15) is 29.2 Å². The Morgan fingerprint density at radius 2 is 2.16 bits per heavy atom. The van der Waals surface area contributed by atoms with Crippen LogP contribution >= 0.6 is 0 Å². The summed E-state index contributed by atoms with van der Waals surface area (Å²) >= 11 is 0. The van der Waals surface area contributed by atoms with E-state index in [0.29, 0.717) is 11.2 Å². The molecule has 0 bridgehead atoms. The molecule has 130 valence electrons. The minimum atomic E-state index is -0.710. The van der Waals surface area contributed by atoms with Crippen LogP contribution in [0, 0.1) is 6.92 Å². The van der Waals surface area contributed by atoms with E-state index in [0.717, 1.165) is 5.69 Å². The van der Waals surface area contributed by atoms with Crippen LogP contribution in [0.15, 0.2) is 35.4 Å². The summed E-state index contributed by atoms with van der Waals surface area (Å²) in [5.41, 5.74) is 1.39. The number of hydrogen-bond acceptors (Lipinski definition) is 6. The van der Waals surface area contributed by atoms with Gasteiger partial charge >= 0.3 is 5.97 Å². The zero-order chi connectivity index (χ0) is 18.1. The van der Waals surface area contributed by atoms with Crippen molar-refractivity contribution in [2.75, 3.05) is 7.11 Å². The van der Waals surface area contributed by atoms with E-state index >= 15 is 0 Å². The maximum Gasteiger partial charge on any atom is 0.306 e. The number of fused-ring (bicyclic) bond motifs is 1. The molecule has 0 fully saturated rings. The van der Waals surface area contributed by atoms with Gasteiger partial charge in [0.25, 0.3) is 5.56 Å². The molecule has 25 heavy (non-hydrogen) atoms. The van der Waals surface area contributed by atoms with Crippen molar-refractivity contribution in [3.8, 4) is 5.88 Å². The number of hydrogen-bond donors (Lipinski definition) is 1. The molecule has 8 heteroatoms. The van der Waals surface area contributed by atoms with Crippen molar-refractivity contribution in [2.24, 2.45) is 7.05 Å². The normalized spacial score (nSPS) is 12.3. The smallest absolute Gasteiger partial charge is 0.306 e. The molecule has 0 saturated heterocycles. The average molecular weight is 342 g/mol. The lowest BCUT2D eigenvalue weighted by Gasteiger charge is -2.17. The van der Waals surface area contributed by atoms with Crippen LogP contribution in [-0.4, -0.2) is 37.4 Å². The third-order valence-corrected chi connectivity index (χ3v) is 4.34. The standard InChI is InChI=1S/C17H18N4O4/c1-10-12(9-18-20(10)2)11(8-14(22)25-3)15-16(23)19-13-6-4-5-7-21(13)17(15)24/h4-7,9,11,23H,8H2,1-3H3/t11-/m0/s1. The Bertz CT molecular complexity index is 1010. The number of carbonyl (C=O) groups excluding carboxylic acids is 1. The summed E-state index contributed by atoms with van der Waals surface area (Å²) < 4.78 is 7.74. The van der Waals surface area contributed by atoms with E-state index in [4.69, 9.17) is 4.74 Å². The fourth-order valence-corrected chi connectivity index (χ4v) is 2.87. The van der Waals surface area contributed by atoms with Gasteiger partial charge in [-0.05, 0) is 19.1 Å². The van der Waals surface area contributed by atoms with Crippen molar-refractivity contribution in [2.45, 2.75) is 19.3 Å². The molecular weight excluding hydrogens is 324 g/mol. The molecule has 0 aromatic carbocycles. The topological polar surface area (TPSA) is 98.7 Å². The molecular formula is C17H18N4O4. The van der Waals surface area contributed by atoms with Crippen molar-refractivity contribution in [1.82, 2.24) is 19.2 Å². The summed E-state index contributed by atoms with van der Waals surface area (Å²) in [6.07, 6.45) is 3.05. The van der Waals surface area contributed by atoms with Crippen LogP contribution in [0.3, 0.4) is 0 Å². The first-order valence-corrected chi connectivity index (χ1v) is 7.69. The van der Waals surface area contributed by atoms with Crippen molar-refractivity contribution < 1.29 is 14.6 Å². The van der Waals surface area contributed by atoms with E-state index < -0.39 is 23.3 Å². The monoisotopic (exact) mass is 342 g/mol. The predicted octanol–water partition coefficient (Wildman–Crippen LogP) is 1.14. The van der Waals surface area contributed by atoms with Crippen molar-refractivity contribution in [1.29, 1.82) is 0 Å². The molecule has 0 amide bonds. The highest BCUT2D eigenvalue weighted by Gasteiger charge is 2.29. The molecule has 3 aromatic rings. The first-order valence-electron chi connectivity index (χ1n) is 7.69. The molecule has 0 saturated carbocycles. The third kappa shape index (κ3) is 2.86. The number of ether oxygens (including phenoxy) is 1. The van der Waals surface area contributed by atoms with E-state index in [9.17, 15) is 14.7 Å². The Morgan fingerprint density at radius 1 is 1.40 bits per heavy atom. The van der Waals surface area contributed by atoms with Gasteiger partial charge in [0.1, 0.15) is 5.65 Å². The summed E-state index contributed by atoms with van der Waals surface area (Å²) in [5, 5.41) is 14.6. The summed E-state index contributed by atoms with van der Waals surface area (Å²) in [4.78, 5) is 28.9. The van der Waals surface area contributed by atoms with E-state index in [1.165, 1.54) is 11.5 Å². The molecule has 0 aliphatic carbocycles. The van der Waals surface area contributed by atoms with Crippen molar-refractivity contribution in [3.05, 3.63) is 57.8 Å². The lowest BCUT2D eigenvalue weighted by Crippen LogP contribution is -2.24. The zero-order valence-corrected chi connectivity index (χ0v) is 14.1. The Labute approximate surface area is 143 Å². The van der Waals surface area contributed by atoms with Gasteiger partial charge in [-0.1, -0.05) is 6.07 Å². The zero-order valence-electron chi connectivity index (χ0n) is 14.1. The van der Waals surface area contributed by atoms with Gasteiger partial charge in [-0.3, -0.25) is 18.7 Å². The third-order valence-electron chi connectivity index (χ3n) is 4.34. The van der Waals surface area contributed by atoms with Crippen molar-refractivity contribution in [3.63, 3.8) is 0 Å². The van der Waals surface area contributed by atoms with Crippen LogP contribution in [0.5, 0.6) is 5.88 Å². The number of carbonyl (C=O) groups is 1. The molecule has 1 atom stereocenters. The van der Waals surface area contributed by atoms with Crippen molar-refractivity contribution >= 4 is 11.6 Å². The second kappa shape index (κ2) is 6.39. The Hall–Kier alpha value is -3.16. The summed E-state index contributed by atoms with van der Waals surface area (Å²) in [5.74, 6) is -1.60. The van der Waals surface area contributed by atoms with Gasteiger partial charge in [-0.15, -0.1) is 0 Å². The van der Waals surface area contributed by atoms with E-state index in [-0.39, 0.29) is 12.0 Å². The molecule has 0 spiro atoms. The number of aryl methyl sites for hydroxylation is 1. The minimum absolute atomic E-state index is 0.0465. The number of pyridine rings is 1. The highest BCUT2D eigenvalue weighted by molar-refractivity contribution is 5.71. The highest BCUT2D eigenvalue weighted by Crippen LogP contribution is 2.32. The van der Waals surface area contributed by atoms with Gasteiger partial charge in [-0.2, -0.15) is 10.1 Å². The maximum absolute atomic E-state index is 12.9. The van der Waals surface area contributed by atoms with Crippen LogP contribution in [0.25, 0.3) is 5.65 Å². The molecule has 0 unspecified atom stereocenters. The number of aromatic hydroxyl groups is 1. The number of esters is 1. The largest absolute Gasteiger partial charge is 0.493 e. The molecule has 8 nitrogen and oxygen atoms in total. The molecule has 1 N–H and O–H groups in total. The number of nitrogens with zero attached hydrogens (tertiary/aromatic N) is 4. The molecule has 3 rings (SSSR count). The minimum Gasteiger partial charge on any atom is -0.493 e. The second-order valence-corrected chi connectivity index (χ2v) is 5.72. The van der Waals surface area contributed by atoms with Gasteiger partial charge in [0.05, 0.1) is 25.3 Å². The van der Waals surface area contributed by atoms with Gasteiger partial charge in [0, 0.05) is 30.4 Å². The Morgan fingerprint density at radius 3 is 2.80 bits per heavy atom. The van der Waals surface area contributed by atoms with Crippen LogP contribution in [0.4, 0.5) is 0 Å². The predicted molar refractivity (Wildman–Crippen MR) is 89.5 cm³/mol. The van der Waals surface area contributed by atoms with E-state index in [1.54, 1.807) is 42.3 Å². The lowest BCUT2D eigenvalue weighted by atomic mass is 9.90. The van der Waals surface area contributed by atoms with E-state index in [2.05, 4.69) is 10.1 Å². The fourth-order valence-electron chi connectivity index (χ4n) is 2.87. The molecule has 3 aromatic heterocycles. The second-order valence-electron chi connectivity index (χ2n) is 5.72. The molecule has 3 heterocycles. The van der Waals surface area contributed by atoms with Crippen LogP contribution in [0.2, 0.25) is 0 Å². The number of rotatable bonds is 4. The van der Waals surface area contributed by atoms with E-state index in [1.807, 2.05) is 6.92 Å². The first kappa shape index (κ1) is 16.7. The maximum atomic E-state index is 12.9. The lowest BCUT2D eigenvalue weighted by molar-refractivity contribution is -0.140. The summed E-state index contributed by atoms with van der Waals surface area (Å²) in [6.45, 7) is 1.83. The SMILES string of the molecule is COC(=O)C[C@@H](c1cnn(C)c1C)c1c(O)nc2ccccn2c1=O. The average Bonchev–Trinajstić information content (AvgIpc) is 2.93. The Kier molecular flexibility index (Phi) is 4.26. The highest BCUT2D eigenvalue weighted by atomic mass is 16.5. The molecule has 0 radical (unpaired) electrons. The Balaban J connectivity index is 2.26. The van der Waals surface area contributed by atoms with Crippen LogP contribution < -0.4 is 5.56 Å². The van der Waals surface area contributed by atoms with Gasteiger partial charge in [0.15, 0.2) is 0 Å².